The van der Waals surface area contributed by atoms with Gasteiger partial charge in [-0.2, -0.15) is 5.10 Å². The van der Waals surface area contributed by atoms with E-state index in [-0.39, 0.29) is 0 Å². The molecule has 5 rings (SSSR count). The van der Waals surface area contributed by atoms with Crippen LogP contribution in [0.5, 0.6) is 0 Å². The van der Waals surface area contributed by atoms with Crippen molar-refractivity contribution in [1.82, 2.24) is 29.4 Å². The van der Waals surface area contributed by atoms with Crippen LogP contribution in [0.25, 0.3) is 28.3 Å². The Morgan fingerprint density at radius 1 is 1.16 bits per heavy atom. The highest BCUT2D eigenvalue weighted by Crippen LogP contribution is 2.34. The van der Waals surface area contributed by atoms with Crippen LogP contribution < -0.4 is 4.90 Å². The smallest absolute Gasteiger partial charge is 0.200 e. The molecule has 32 heavy (non-hydrogen) atoms. The summed E-state index contributed by atoms with van der Waals surface area (Å²) in [6.45, 7) is 9.03. The van der Waals surface area contributed by atoms with E-state index in [1.165, 1.54) is 0 Å². The van der Waals surface area contributed by atoms with Crippen LogP contribution in [0.1, 0.15) is 31.9 Å². The summed E-state index contributed by atoms with van der Waals surface area (Å²) < 4.78 is 9.35. The van der Waals surface area contributed by atoms with Gasteiger partial charge in [0.15, 0.2) is 5.82 Å². The molecule has 0 radical (unpaired) electrons. The van der Waals surface area contributed by atoms with Crippen LogP contribution in [-0.4, -0.2) is 56.2 Å². The minimum Gasteiger partial charge on any atom is -0.384 e. The predicted octanol–water partition coefficient (Wildman–Crippen LogP) is 4.02. The number of methoxy groups -OCH3 is 1. The highest BCUT2D eigenvalue weighted by atomic mass is 16.5. The number of rotatable bonds is 6. The third-order valence-corrected chi connectivity index (χ3v) is 6.16. The van der Waals surface area contributed by atoms with Crippen LogP contribution in [0, 0.1) is 12.8 Å². The van der Waals surface area contributed by atoms with Crippen molar-refractivity contribution in [3.05, 3.63) is 48.4 Å². The first-order valence-corrected chi connectivity index (χ1v) is 11.2. The van der Waals surface area contributed by atoms with Gasteiger partial charge in [-0.1, -0.05) is 6.07 Å². The first-order valence-electron chi connectivity index (χ1n) is 11.2. The molecule has 8 nitrogen and oxygen atoms in total. The van der Waals surface area contributed by atoms with Crippen LogP contribution in [-0.2, 0) is 4.74 Å². The monoisotopic (exact) mass is 431 g/mol. The van der Waals surface area contributed by atoms with E-state index in [1.807, 2.05) is 33.6 Å². The molecule has 0 saturated carbocycles. The fourth-order valence-electron chi connectivity index (χ4n) is 4.46. The lowest BCUT2D eigenvalue weighted by atomic mass is 10.1. The molecule has 0 aromatic carbocycles. The average molecular weight is 432 g/mol. The van der Waals surface area contributed by atoms with Gasteiger partial charge in [0, 0.05) is 56.3 Å². The van der Waals surface area contributed by atoms with Gasteiger partial charge in [0.1, 0.15) is 11.2 Å². The summed E-state index contributed by atoms with van der Waals surface area (Å²) in [5.74, 6) is 2.08. The van der Waals surface area contributed by atoms with E-state index >= 15 is 0 Å². The molecule has 0 aliphatic carbocycles. The number of pyridine rings is 1. The Hall–Kier alpha value is -3.26. The predicted molar refractivity (Wildman–Crippen MR) is 125 cm³/mol. The number of hydrogen-bond acceptors (Lipinski definition) is 6. The van der Waals surface area contributed by atoms with Gasteiger partial charge in [0.25, 0.3) is 0 Å². The lowest BCUT2D eigenvalue weighted by Gasteiger charge is -2.20. The van der Waals surface area contributed by atoms with Crippen LogP contribution in [0.2, 0.25) is 0 Å². The van der Waals surface area contributed by atoms with Crippen molar-refractivity contribution in [1.29, 1.82) is 0 Å². The van der Waals surface area contributed by atoms with Crippen molar-refractivity contribution in [2.75, 3.05) is 31.7 Å². The van der Waals surface area contributed by atoms with Crippen molar-refractivity contribution >= 4 is 11.3 Å². The molecule has 4 aromatic heterocycles. The minimum absolute atomic E-state index is 0.314. The zero-order chi connectivity index (χ0) is 22.2. The summed E-state index contributed by atoms with van der Waals surface area (Å²) in [7, 11) is 1.77. The zero-order valence-electron chi connectivity index (χ0n) is 19.1. The molecular formula is C24H29N7O. The summed E-state index contributed by atoms with van der Waals surface area (Å²) in [5.41, 5.74) is 4.95. The highest BCUT2D eigenvalue weighted by Gasteiger charge is 2.28. The van der Waals surface area contributed by atoms with E-state index < -0.39 is 0 Å². The summed E-state index contributed by atoms with van der Waals surface area (Å²) in [6, 6.07) is 8.20. The van der Waals surface area contributed by atoms with Crippen molar-refractivity contribution in [3.8, 4) is 22.8 Å². The molecule has 1 fully saturated rings. The summed E-state index contributed by atoms with van der Waals surface area (Å²) in [5, 5.41) is 9.63. The molecule has 166 valence electrons. The lowest BCUT2D eigenvalue weighted by Crippen LogP contribution is -2.23. The van der Waals surface area contributed by atoms with Crippen LogP contribution in [0.4, 0.5) is 5.82 Å². The van der Waals surface area contributed by atoms with E-state index in [4.69, 9.17) is 19.9 Å². The highest BCUT2D eigenvalue weighted by molar-refractivity contribution is 5.83. The Morgan fingerprint density at radius 3 is 2.75 bits per heavy atom. The van der Waals surface area contributed by atoms with Crippen LogP contribution in [0.3, 0.4) is 0 Å². The van der Waals surface area contributed by atoms with Gasteiger partial charge in [-0.05, 0) is 51.0 Å². The van der Waals surface area contributed by atoms with Gasteiger partial charge in [-0.15, -0.1) is 5.10 Å². The van der Waals surface area contributed by atoms with E-state index in [9.17, 15) is 0 Å². The Labute approximate surface area is 187 Å². The molecule has 1 unspecified atom stereocenters. The van der Waals surface area contributed by atoms with Crippen molar-refractivity contribution in [3.63, 3.8) is 0 Å². The zero-order valence-corrected chi connectivity index (χ0v) is 19.1. The van der Waals surface area contributed by atoms with E-state index in [1.54, 1.807) is 13.3 Å². The number of anilines is 1. The van der Waals surface area contributed by atoms with Crippen LogP contribution >= 0.6 is 0 Å². The second kappa shape index (κ2) is 8.35. The standard InChI is InChI=1S/C24H29N7O/c1-16(2)30-12-9-20(27-30)19-14-31-22(17(19)3)24(29-11-8-18(13-29)15-32-4)26-23(28-31)21-7-5-6-10-25-21/h5-7,9-10,12,14,16,18H,8,11,13,15H2,1-4H3. The number of fused-ring (bicyclic) bond motifs is 1. The van der Waals surface area contributed by atoms with Crippen molar-refractivity contribution in [2.24, 2.45) is 5.92 Å². The molecule has 4 aromatic rings. The maximum absolute atomic E-state index is 5.41. The summed E-state index contributed by atoms with van der Waals surface area (Å²) in [6.07, 6.45) is 6.97. The molecule has 0 amide bonds. The quantitative estimate of drug-likeness (QED) is 0.459. The molecule has 0 bridgehead atoms. The number of ether oxygens (including phenoxy) is 1. The van der Waals surface area contributed by atoms with Gasteiger partial charge in [-0.3, -0.25) is 9.67 Å². The van der Waals surface area contributed by atoms with E-state index in [0.717, 1.165) is 60.0 Å². The molecule has 1 aliphatic rings. The first kappa shape index (κ1) is 20.6. The molecule has 1 atom stereocenters. The Balaban J connectivity index is 1.66. The van der Waals surface area contributed by atoms with Gasteiger partial charge < -0.3 is 9.64 Å². The van der Waals surface area contributed by atoms with Gasteiger partial charge in [0.05, 0.1) is 12.3 Å². The Bertz CT molecular complexity index is 1230. The van der Waals surface area contributed by atoms with Crippen LogP contribution in [0.15, 0.2) is 42.9 Å². The number of aryl methyl sites for hydroxylation is 1. The average Bonchev–Trinajstić information content (AvgIpc) is 3.53. The molecule has 0 N–H and O–H groups in total. The van der Waals surface area contributed by atoms with E-state index in [2.05, 4.69) is 42.9 Å². The Kier molecular flexibility index (Phi) is 5.38. The normalized spacial score (nSPS) is 16.5. The SMILES string of the molecule is COCC1CCN(c2nc(-c3ccccn3)nn3cc(-c4ccn(C(C)C)n4)c(C)c23)C1. The minimum atomic E-state index is 0.314. The molecular weight excluding hydrogens is 402 g/mol. The fraction of sp³-hybridized carbons (Fsp3) is 0.417. The van der Waals surface area contributed by atoms with Crippen molar-refractivity contribution < 1.29 is 4.74 Å². The van der Waals surface area contributed by atoms with Gasteiger partial charge in [-0.25, -0.2) is 9.50 Å². The third kappa shape index (κ3) is 3.64. The molecule has 1 aliphatic heterocycles. The molecule has 1 saturated heterocycles. The number of nitrogens with zero attached hydrogens (tertiary/aromatic N) is 7. The second-order valence-corrected chi connectivity index (χ2v) is 8.77. The third-order valence-electron chi connectivity index (χ3n) is 6.16. The largest absolute Gasteiger partial charge is 0.384 e. The summed E-state index contributed by atoms with van der Waals surface area (Å²) in [4.78, 5) is 11.9. The molecule has 5 heterocycles. The first-order chi connectivity index (χ1) is 15.5. The number of hydrogen-bond donors (Lipinski definition) is 0. The second-order valence-electron chi connectivity index (χ2n) is 8.77. The topological polar surface area (TPSA) is 73.4 Å². The number of aromatic nitrogens is 6. The molecule has 0 spiro atoms. The Morgan fingerprint density at radius 2 is 2.03 bits per heavy atom. The lowest BCUT2D eigenvalue weighted by molar-refractivity contribution is 0.161. The van der Waals surface area contributed by atoms with Gasteiger partial charge >= 0.3 is 0 Å². The van der Waals surface area contributed by atoms with E-state index in [0.29, 0.717) is 17.8 Å². The fourth-order valence-corrected chi connectivity index (χ4v) is 4.46. The maximum Gasteiger partial charge on any atom is 0.200 e. The molecule has 8 heteroatoms. The maximum atomic E-state index is 5.41. The summed E-state index contributed by atoms with van der Waals surface area (Å²) >= 11 is 0. The van der Waals surface area contributed by atoms with Gasteiger partial charge in [0.2, 0.25) is 5.82 Å². The van der Waals surface area contributed by atoms with Crippen molar-refractivity contribution in [2.45, 2.75) is 33.2 Å².